The molecule has 0 fully saturated rings. The first-order valence-corrected chi connectivity index (χ1v) is 3.44. The van der Waals surface area contributed by atoms with Crippen molar-refractivity contribution in [2.75, 3.05) is 6.61 Å². The largest absolute Gasteiger partial charge is 0.478 e. The first-order chi connectivity index (χ1) is 5.36. The number of aromatic nitrogens is 1. The third-order valence-corrected chi connectivity index (χ3v) is 1.17. The van der Waals surface area contributed by atoms with E-state index in [4.69, 9.17) is 9.76 Å². The number of rotatable bonds is 3. The second kappa shape index (κ2) is 3.98. The number of pyridine rings is 1. The van der Waals surface area contributed by atoms with Gasteiger partial charge in [0, 0.05) is 11.7 Å². The normalized spacial score (nSPS) is 9.27. The number of hydrogen-bond acceptors (Lipinski definition) is 3. The summed E-state index contributed by atoms with van der Waals surface area (Å²) in [5.41, 5.74) is 0.510. The molecule has 4 heteroatoms. The zero-order chi connectivity index (χ0) is 8.10. The lowest BCUT2D eigenvalue weighted by atomic mass is 9.96. The lowest BCUT2D eigenvalue weighted by Crippen LogP contribution is -2.17. The molecule has 0 aromatic carbocycles. The smallest absolute Gasteiger partial charge is 0.348 e. The molecule has 1 aromatic heterocycles. The molecule has 1 radical (unpaired) electrons. The van der Waals surface area contributed by atoms with E-state index in [0.29, 0.717) is 18.1 Å². The van der Waals surface area contributed by atoms with Gasteiger partial charge in [-0.3, -0.25) is 0 Å². The van der Waals surface area contributed by atoms with E-state index in [-0.39, 0.29) is 0 Å². The van der Waals surface area contributed by atoms with Gasteiger partial charge in [-0.1, -0.05) is 6.07 Å². The van der Waals surface area contributed by atoms with Crippen molar-refractivity contribution in [1.82, 2.24) is 4.98 Å². The average molecular weight is 150 g/mol. The average Bonchev–Trinajstić information content (AvgIpc) is 2.06. The van der Waals surface area contributed by atoms with Crippen LogP contribution in [0.4, 0.5) is 0 Å². The molecule has 0 aliphatic heterocycles. The number of ether oxygens (including phenoxy) is 1. The molecule has 0 aliphatic rings. The van der Waals surface area contributed by atoms with Crippen molar-refractivity contribution >= 4 is 13.1 Å². The van der Waals surface area contributed by atoms with Crippen molar-refractivity contribution in [1.29, 1.82) is 0 Å². The van der Waals surface area contributed by atoms with Gasteiger partial charge in [0.2, 0.25) is 5.88 Å². The highest BCUT2D eigenvalue weighted by atomic mass is 16.5. The Labute approximate surface area is 66.3 Å². The zero-order valence-electron chi connectivity index (χ0n) is 6.32. The maximum Gasteiger partial charge on any atom is 0.348 e. The van der Waals surface area contributed by atoms with E-state index in [1.807, 2.05) is 6.92 Å². The molecule has 0 saturated carbocycles. The molecule has 11 heavy (non-hydrogen) atoms. The highest BCUT2D eigenvalue weighted by Crippen LogP contribution is 2.00. The summed E-state index contributed by atoms with van der Waals surface area (Å²) in [4.78, 5) is 3.95. The van der Waals surface area contributed by atoms with Crippen LogP contribution >= 0.6 is 0 Å². The zero-order valence-corrected chi connectivity index (χ0v) is 6.32. The maximum atomic E-state index is 8.59. The minimum atomic E-state index is 0.510. The van der Waals surface area contributed by atoms with Crippen molar-refractivity contribution in [3.63, 3.8) is 0 Å². The van der Waals surface area contributed by atoms with Gasteiger partial charge < -0.3 is 9.76 Å². The minimum absolute atomic E-state index is 0.510. The third-order valence-electron chi connectivity index (χ3n) is 1.17. The van der Waals surface area contributed by atoms with Gasteiger partial charge >= 0.3 is 7.48 Å². The summed E-state index contributed by atoms with van der Waals surface area (Å²) in [6.45, 7) is 2.47. The van der Waals surface area contributed by atoms with Crippen LogP contribution in [-0.2, 0) is 0 Å². The summed E-state index contributed by atoms with van der Waals surface area (Å²) in [6, 6.07) is 5.22. The molecule has 1 heterocycles. The SMILES string of the molecule is CCOc1cccc([B]O)n1. The van der Waals surface area contributed by atoms with Crippen LogP contribution in [0.25, 0.3) is 0 Å². The minimum Gasteiger partial charge on any atom is -0.478 e. The summed E-state index contributed by atoms with van der Waals surface area (Å²) in [5, 5.41) is 8.59. The first kappa shape index (κ1) is 8.08. The Morgan fingerprint density at radius 3 is 3.09 bits per heavy atom. The quantitative estimate of drug-likeness (QED) is 0.602. The third kappa shape index (κ3) is 2.24. The van der Waals surface area contributed by atoms with Gasteiger partial charge in [0.15, 0.2) is 0 Å². The van der Waals surface area contributed by atoms with Crippen LogP contribution in [0, 0.1) is 0 Å². The molecule has 0 spiro atoms. The number of hydrogen-bond donors (Lipinski definition) is 1. The topological polar surface area (TPSA) is 42.4 Å². The van der Waals surface area contributed by atoms with E-state index in [1.165, 1.54) is 0 Å². The Balaban J connectivity index is 2.74. The fourth-order valence-corrected chi connectivity index (χ4v) is 0.731. The highest BCUT2D eigenvalue weighted by molar-refractivity contribution is 6.44. The Bertz CT molecular complexity index is 229. The van der Waals surface area contributed by atoms with Gasteiger partial charge in [0.1, 0.15) is 0 Å². The summed E-state index contributed by atoms with van der Waals surface area (Å²) < 4.78 is 5.11. The van der Waals surface area contributed by atoms with Gasteiger partial charge in [-0.2, -0.15) is 0 Å². The maximum absolute atomic E-state index is 8.59. The van der Waals surface area contributed by atoms with Crippen LogP contribution in [0.5, 0.6) is 5.88 Å². The molecule has 1 aromatic rings. The van der Waals surface area contributed by atoms with Crippen LogP contribution in [0.15, 0.2) is 18.2 Å². The van der Waals surface area contributed by atoms with Crippen LogP contribution in [0.3, 0.4) is 0 Å². The van der Waals surface area contributed by atoms with Gasteiger partial charge in [0.25, 0.3) is 0 Å². The van der Waals surface area contributed by atoms with Crippen molar-refractivity contribution in [2.24, 2.45) is 0 Å². The Morgan fingerprint density at radius 1 is 1.64 bits per heavy atom. The van der Waals surface area contributed by atoms with E-state index in [1.54, 1.807) is 18.2 Å². The second-order valence-electron chi connectivity index (χ2n) is 1.96. The lowest BCUT2D eigenvalue weighted by Gasteiger charge is -2.01. The van der Waals surface area contributed by atoms with Crippen molar-refractivity contribution in [3.8, 4) is 5.88 Å². The molecule has 0 atom stereocenters. The summed E-state index contributed by atoms with van der Waals surface area (Å²) >= 11 is 0. The Morgan fingerprint density at radius 2 is 2.45 bits per heavy atom. The Hall–Kier alpha value is -1.03. The van der Waals surface area contributed by atoms with Crippen molar-refractivity contribution < 1.29 is 9.76 Å². The summed E-state index contributed by atoms with van der Waals surface area (Å²) in [6.07, 6.45) is 0. The standard InChI is InChI=1S/C7H9BNO2/c1-2-11-7-5-3-4-6(8-10)9-7/h3-5,10H,2H2,1H3. The lowest BCUT2D eigenvalue weighted by molar-refractivity contribution is 0.327. The van der Waals surface area contributed by atoms with Crippen LogP contribution in [-0.4, -0.2) is 24.1 Å². The van der Waals surface area contributed by atoms with Gasteiger partial charge in [0.05, 0.1) is 6.61 Å². The predicted molar refractivity (Wildman–Crippen MR) is 43.0 cm³/mol. The molecule has 0 aliphatic carbocycles. The van der Waals surface area contributed by atoms with Crippen molar-refractivity contribution in [3.05, 3.63) is 18.2 Å². The summed E-state index contributed by atoms with van der Waals surface area (Å²) in [5.74, 6) is 0.537. The Kier molecular flexibility index (Phi) is 2.92. The van der Waals surface area contributed by atoms with Crippen molar-refractivity contribution in [2.45, 2.75) is 6.92 Å². The molecule has 3 nitrogen and oxygen atoms in total. The molecule has 1 rings (SSSR count). The molecule has 0 unspecified atom stereocenters. The number of nitrogens with zero attached hydrogens (tertiary/aromatic N) is 1. The monoisotopic (exact) mass is 150 g/mol. The van der Waals surface area contributed by atoms with Gasteiger partial charge in [-0.05, 0) is 13.0 Å². The highest BCUT2D eigenvalue weighted by Gasteiger charge is 1.96. The van der Waals surface area contributed by atoms with E-state index in [2.05, 4.69) is 4.98 Å². The molecular formula is C7H9BNO2. The molecule has 0 saturated heterocycles. The van der Waals surface area contributed by atoms with Crippen LogP contribution in [0.1, 0.15) is 6.92 Å². The molecule has 1 N–H and O–H groups in total. The molecule has 57 valence electrons. The van der Waals surface area contributed by atoms with Crippen LogP contribution in [0.2, 0.25) is 0 Å². The van der Waals surface area contributed by atoms with E-state index >= 15 is 0 Å². The van der Waals surface area contributed by atoms with Gasteiger partial charge in [-0.25, -0.2) is 4.98 Å². The first-order valence-electron chi connectivity index (χ1n) is 3.44. The summed E-state index contributed by atoms with van der Waals surface area (Å²) in [7, 11) is 0.947. The molecule has 0 amide bonds. The van der Waals surface area contributed by atoms with Gasteiger partial charge in [-0.15, -0.1) is 0 Å². The van der Waals surface area contributed by atoms with Crippen LogP contribution < -0.4 is 10.3 Å². The van der Waals surface area contributed by atoms with E-state index in [0.717, 1.165) is 7.48 Å². The van der Waals surface area contributed by atoms with E-state index in [9.17, 15) is 0 Å². The molecule has 0 bridgehead atoms. The fraction of sp³-hybridized carbons (Fsp3) is 0.286. The van der Waals surface area contributed by atoms with E-state index < -0.39 is 0 Å². The molecular weight excluding hydrogens is 141 g/mol. The second-order valence-corrected chi connectivity index (χ2v) is 1.96. The predicted octanol–water partition coefficient (Wildman–Crippen LogP) is -0.283. The fourth-order valence-electron chi connectivity index (χ4n) is 0.731.